The van der Waals surface area contributed by atoms with Crippen LogP contribution in [-0.4, -0.2) is 0 Å². The van der Waals surface area contributed by atoms with Crippen LogP contribution in [0, 0.1) is 0 Å². The van der Waals surface area contributed by atoms with Crippen LogP contribution in [0.4, 0.5) is 0 Å². The maximum Gasteiger partial charge on any atom is 0.140 e. The van der Waals surface area contributed by atoms with E-state index in [2.05, 4.69) is 40.8 Å². The van der Waals surface area contributed by atoms with E-state index in [1.807, 2.05) is 30.3 Å². The van der Waals surface area contributed by atoms with Gasteiger partial charge in [-0.25, -0.2) is 0 Å². The van der Waals surface area contributed by atoms with Gasteiger partial charge in [0.15, 0.2) is 0 Å². The van der Waals surface area contributed by atoms with Crippen LogP contribution in [0.5, 0.6) is 0 Å². The quantitative estimate of drug-likeness (QED) is 0.634. The van der Waals surface area contributed by atoms with Gasteiger partial charge in [0.25, 0.3) is 0 Å². The van der Waals surface area contributed by atoms with Crippen molar-refractivity contribution in [3.63, 3.8) is 0 Å². The van der Waals surface area contributed by atoms with Gasteiger partial charge in [-0.15, -0.1) is 0 Å². The predicted octanol–water partition coefficient (Wildman–Crippen LogP) is 5.13. The van der Waals surface area contributed by atoms with Gasteiger partial charge >= 0.3 is 0 Å². The maximum atomic E-state index is 5.91. The first-order valence-electron chi connectivity index (χ1n) is 5.62. The highest BCUT2D eigenvalue weighted by Crippen LogP contribution is 2.38. The molecule has 90 valence electrons. The Kier molecular flexibility index (Phi) is 3.31. The van der Waals surface area contributed by atoms with Gasteiger partial charge in [-0.05, 0) is 58.0 Å². The van der Waals surface area contributed by atoms with Crippen LogP contribution in [0.25, 0.3) is 9.34 Å². The van der Waals surface area contributed by atoms with Gasteiger partial charge in [-0.1, -0.05) is 35.9 Å². The molecule has 0 radical (unpaired) electrons. The van der Waals surface area contributed by atoms with E-state index in [4.69, 9.17) is 16.3 Å². The number of halogens is 2. The first-order chi connectivity index (χ1) is 8.75. The Morgan fingerprint density at radius 3 is 2.50 bits per heavy atom. The number of ether oxygens (including phenoxy) is 1. The minimum atomic E-state index is 0.626. The highest BCUT2D eigenvalue weighted by molar-refractivity contribution is 14.1. The van der Waals surface area contributed by atoms with Crippen molar-refractivity contribution in [2.24, 2.45) is 0 Å². The SMILES string of the molecule is Clc1ccc(C2=C(I)c3ccccc3CO2)cc1. The molecule has 0 amide bonds. The highest BCUT2D eigenvalue weighted by atomic mass is 127. The molecule has 0 unspecified atom stereocenters. The van der Waals surface area contributed by atoms with E-state index in [-0.39, 0.29) is 0 Å². The largest absolute Gasteiger partial charge is 0.487 e. The number of fused-ring (bicyclic) bond motifs is 1. The molecule has 1 nitrogen and oxygen atoms in total. The van der Waals surface area contributed by atoms with Crippen LogP contribution in [-0.2, 0) is 11.3 Å². The number of hydrogen-bond acceptors (Lipinski definition) is 1. The lowest BCUT2D eigenvalue weighted by atomic mass is 10.0. The third-order valence-corrected chi connectivity index (χ3v) is 4.25. The van der Waals surface area contributed by atoms with E-state index in [9.17, 15) is 0 Å². The molecule has 1 aliphatic rings. The van der Waals surface area contributed by atoms with Crippen molar-refractivity contribution >= 4 is 43.5 Å². The second kappa shape index (κ2) is 4.94. The highest BCUT2D eigenvalue weighted by Gasteiger charge is 2.18. The number of benzene rings is 2. The predicted molar refractivity (Wildman–Crippen MR) is 83.5 cm³/mol. The van der Waals surface area contributed by atoms with Crippen LogP contribution in [0.3, 0.4) is 0 Å². The summed E-state index contributed by atoms with van der Waals surface area (Å²) in [6, 6.07) is 16.1. The fourth-order valence-electron chi connectivity index (χ4n) is 2.01. The van der Waals surface area contributed by atoms with Crippen LogP contribution >= 0.6 is 34.2 Å². The summed E-state index contributed by atoms with van der Waals surface area (Å²) in [7, 11) is 0. The third-order valence-electron chi connectivity index (χ3n) is 2.93. The summed E-state index contributed by atoms with van der Waals surface area (Å²) in [5.74, 6) is 0.936. The Morgan fingerprint density at radius 1 is 1.00 bits per heavy atom. The minimum absolute atomic E-state index is 0.626. The lowest BCUT2D eigenvalue weighted by Crippen LogP contribution is -2.04. The van der Waals surface area contributed by atoms with Crippen LogP contribution in [0.2, 0.25) is 5.02 Å². The van der Waals surface area contributed by atoms with Gasteiger partial charge in [-0.2, -0.15) is 0 Å². The number of rotatable bonds is 1. The summed E-state index contributed by atoms with van der Waals surface area (Å²) in [6.45, 7) is 0.626. The standard InChI is InChI=1S/C15H10ClIO/c16-12-7-5-10(6-8-12)15-14(17)13-4-2-1-3-11(13)9-18-15/h1-8H,9H2. The van der Waals surface area contributed by atoms with Gasteiger partial charge in [0.05, 0.1) is 3.58 Å². The summed E-state index contributed by atoms with van der Waals surface area (Å²) in [4.78, 5) is 0. The first-order valence-corrected chi connectivity index (χ1v) is 7.08. The lowest BCUT2D eigenvalue weighted by Gasteiger charge is -2.21. The molecule has 3 rings (SSSR count). The average molecular weight is 369 g/mol. The van der Waals surface area contributed by atoms with Crippen molar-refractivity contribution in [3.05, 3.63) is 70.2 Å². The molecule has 0 spiro atoms. The summed E-state index contributed by atoms with van der Waals surface area (Å²) < 4.78 is 7.02. The Morgan fingerprint density at radius 2 is 1.72 bits per heavy atom. The van der Waals surface area contributed by atoms with Crippen molar-refractivity contribution in [1.82, 2.24) is 0 Å². The van der Waals surface area contributed by atoms with Crippen LogP contribution in [0.1, 0.15) is 16.7 Å². The van der Waals surface area contributed by atoms with Gasteiger partial charge in [-0.3, -0.25) is 0 Å². The van der Waals surface area contributed by atoms with Crippen LogP contribution < -0.4 is 0 Å². The zero-order chi connectivity index (χ0) is 12.5. The van der Waals surface area contributed by atoms with E-state index in [0.717, 1.165) is 19.9 Å². The van der Waals surface area contributed by atoms with E-state index in [1.54, 1.807) is 0 Å². The normalized spacial score (nSPS) is 14.1. The van der Waals surface area contributed by atoms with Gasteiger partial charge < -0.3 is 4.74 Å². The molecule has 2 aromatic carbocycles. The van der Waals surface area contributed by atoms with Gasteiger partial charge in [0, 0.05) is 10.6 Å². The molecular formula is C15H10ClIO. The molecule has 0 saturated carbocycles. The summed E-state index contributed by atoms with van der Waals surface area (Å²) in [6.07, 6.45) is 0. The zero-order valence-electron chi connectivity index (χ0n) is 9.49. The summed E-state index contributed by atoms with van der Waals surface area (Å²) in [5, 5.41) is 0.741. The van der Waals surface area contributed by atoms with E-state index in [1.165, 1.54) is 11.1 Å². The number of hydrogen-bond donors (Lipinski definition) is 0. The molecule has 0 saturated heterocycles. The Hall–Kier alpha value is -1.00. The lowest BCUT2D eigenvalue weighted by molar-refractivity contribution is 0.262. The molecule has 0 aromatic heterocycles. The molecule has 0 fully saturated rings. The Labute approximate surface area is 125 Å². The molecule has 2 aromatic rings. The Bertz CT molecular complexity index is 617. The summed E-state index contributed by atoms with van der Waals surface area (Å²) >= 11 is 8.25. The van der Waals surface area contributed by atoms with E-state index in [0.29, 0.717) is 6.61 Å². The molecule has 0 atom stereocenters. The topological polar surface area (TPSA) is 9.23 Å². The minimum Gasteiger partial charge on any atom is -0.487 e. The molecular weight excluding hydrogens is 359 g/mol. The summed E-state index contributed by atoms with van der Waals surface area (Å²) in [5.41, 5.74) is 3.56. The molecule has 0 aliphatic carbocycles. The van der Waals surface area contributed by atoms with Crippen molar-refractivity contribution in [1.29, 1.82) is 0 Å². The smallest absolute Gasteiger partial charge is 0.140 e. The molecule has 0 N–H and O–H groups in total. The van der Waals surface area contributed by atoms with E-state index >= 15 is 0 Å². The second-order valence-corrected chi connectivity index (χ2v) is 5.61. The first kappa shape index (κ1) is 12.1. The maximum absolute atomic E-state index is 5.91. The molecule has 1 heterocycles. The average Bonchev–Trinajstić information content (AvgIpc) is 2.41. The third kappa shape index (κ3) is 2.15. The van der Waals surface area contributed by atoms with Crippen molar-refractivity contribution in [2.45, 2.75) is 6.61 Å². The monoisotopic (exact) mass is 368 g/mol. The van der Waals surface area contributed by atoms with Crippen molar-refractivity contribution < 1.29 is 4.74 Å². The van der Waals surface area contributed by atoms with Gasteiger partial charge in [0.2, 0.25) is 0 Å². The fourth-order valence-corrected chi connectivity index (χ4v) is 3.13. The van der Waals surface area contributed by atoms with Crippen molar-refractivity contribution in [3.8, 4) is 0 Å². The fraction of sp³-hybridized carbons (Fsp3) is 0.0667. The molecule has 0 bridgehead atoms. The van der Waals surface area contributed by atoms with Gasteiger partial charge in [0.1, 0.15) is 12.4 Å². The molecule has 18 heavy (non-hydrogen) atoms. The zero-order valence-corrected chi connectivity index (χ0v) is 12.4. The second-order valence-electron chi connectivity index (χ2n) is 4.10. The Balaban J connectivity index is 2.11. The molecule has 1 aliphatic heterocycles. The molecule has 3 heteroatoms. The van der Waals surface area contributed by atoms with E-state index < -0.39 is 0 Å². The van der Waals surface area contributed by atoms with Crippen LogP contribution in [0.15, 0.2) is 48.5 Å². The van der Waals surface area contributed by atoms with Crippen molar-refractivity contribution in [2.75, 3.05) is 0 Å².